The van der Waals surface area contributed by atoms with Crippen LogP contribution in [0.15, 0.2) is 36.0 Å². The molecule has 0 saturated heterocycles. The maximum absolute atomic E-state index is 10.9. The van der Waals surface area contributed by atoms with Crippen LogP contribution < -0.4 is 10.1 Å². The lowest BCUT2D eigenvalue weighted by atomic mass is 9.92. The van der Waals surface area contributed by atoms with Crippen LogP contribution in [0.3, 0.4) is 0 Å². The molecule has 1 aromatic carbocycles. The van der Waals surface area contributed by atoms with Crippen LogP contribution in [0.5, 0.6) is 5.75 Å². The number of carboxylic acid groups (broad SMARTS) is 1. The van der Waals surface area contributed by atoms with E-state index in [1.165, 1.54) is 0 Å². The number of hydrogen-bond acceptors (Lipinski definition) is 5. The molecule has 7 heteroatoms. The van der Waals surface area contributed by atoms with Gasteiger partial charge in [-0.05, 0) is 62.9 Å². The van der Waals surface area contributed by atoms with Gasteiger partial charge in [-0.2, -0.15) is 0 Å². The van der Waals surface area contributed by atoms with Crippen molar-refractivity contribution in [2.75, 3.05) is 6.61 Å². The van der Waals surface area contributed by atoms with Crippen molar-refractivity contribution >= 4 is 27.6 Å². The topological polar surface area (TPSA) is 84.3 Å². The van der Waals surface area contributed by atoms with E-state index < -0.39 is 11.6 Å². The van der Waals surface area contributed by atoms with E-state index in [-0.39, 0.29) is 5.92 Å². The van der Waals surface area contributed by atoms with Gasteiger partial charge in [0, 0.05) is 23.0 Å². The molecule has 0 fully saturated rings. The molecule has 28 heavy (non-hydrogen) atoms. The number of benzene rings is 1. The number of thiazole rings is 1. The second kappa shape index (κ2) is 8.14. The van der Waals surface area contributed by atoms with Crippen molar-refractivity contribution < 1.29 is 14.6 Å². The molecule has 3 rings (SSSR count). The fourth-order valence-electron chi connectivity index (χ4n) is 3.49. The Morgan fingerprint density at radius 3 is 2.82 bits per heavy atom. The molecule has 1 amide bonds. The first-order valence-corrected chi connectivity index (χ1v) is 10.1. The highest BCUT2D eigenvalue weighted by Gasteiger charge is 2.23. The number of hydrogen-bond donors (Lipinski definition) is 2. The standard InChI is InChI=1S/C21H25N3O3S/c1-13(10-21(3,4)24-20(25)26)11-27-17-6-5-16(19-18(17)23-12-28-19)15-7-8-22-14(2)9-15/h5-9,12-13,24H,10-11H2,1-4H3,(H,25,26)/t13-/m0/s1. The Morgan fingerprint density at radius 1 is 1.32 bits per heavy atom. The molecule has 3 aromatic rings. The quantitative estimate of drug-likeness (QED) is 0.576. The molecule has 2 heterocycles. The van der Waals surface area contributed by atoms with Gasteiger partial charge >= 0.3 is 6.09 Å². The Balaban J connectivity index is 1.76. The summed E-state index contributed by atoms with van der Waals surface area (Å²) in [6.45, 7) is 8.28. The Kier molecular flexibility index (Phi) is 5.84. The summed E-state index contributed by atoms with van der Waals surface area (Å²) < 4.78 is 7.15. The SMILES string of the molecule is Cc1cc(-c2ccc(OC[C@@H](C)CC(C)(C)NC(=O)O)c3ncsc23)ccn1. The normalized spacial score (nSPS) is 12.7. The number of nitrogens with one attached hydrogen (secondary N) is 1. The van der Waals surface area contributed by atoms with E-state index in [4.69, 9.17) is 9.84 Å². The van der Waals surface area contributed by atoms with Gasteiger partial charge in [0.15, 0.2) is 0 Å². The number of rotatable bonds is 7. The average molecular weight is 400 g/mol. The minimum absolute atomic E-state index is 0.179. The average Bonchev–Trinajstić information content (AvgIpc) is 3.07. The molecule has 0 saturated carbocycles. The predicted octanol–water partition coefficient (Wildman–Crippen LogP) is 5.12. The second-order valence-electron chi connectivity index (χ2n) is 7.76. The maximum Gasteiger partial charge on any atom is 0.405 e. The molecule has 2 aromatic heterocycles. The third kappa shape index (κ3) is 4.78. The van der Waals surface area contributed by atoms with E-state index in [1.807, 2.05) is 44.6 Å². The third-order valence-corrected chi connectivity index (χ3v) is 5.34. The molecule has 0 aliphatic heterocycles. The molecule has 1 atom stereocenters. The second-order valence-corrected chi connectivity index (χ2v) is 8.62. The number of aryl methyl sites for hydroxylation is 1. The highest BCUT2D eigenvalue weighted by atomic mass is 32.1. The van der Waals surface area contributed by atoms with Crippen LogP contribution in [0, 0.1) is 12.8 Å². The summed E-state index contributed by atoms with van der Waals surface area (Å²) in [5, 5.41) is 11.5. The molecule has 0 aliphatic carbocycles. The fourth-order valence-corrected chi connectivity index (χ4v) is 4.33. The summed E-state index contributed by atoms with van der Waals surface area (Å²) in [5.41, 5.74) is 5.39. The Morgan fingerprint density at radius 2 is 2.11 bits per heavy atom. The van der Waals surface area contributed by atoms with Gasteiger partial charge in [-0.1, -0.05) is 6.92 Å². The predicted molar refractivity (Wildman–Crippen MR) is 112 cm³/mol. The van der Waals surface area contributed by atoms with E-state index in [1.54, 1.807) is 11.3 Å². The number of carbonyl (C=O) groups is 1. The van der Waals surface area contributed by atoms with Crippen LogP contribution in [0.25, 0.3) is 21.3 Å². The summed E-state index contributed by atoms with van der Waals surface area (Å²) >= 11 is 1.59. The molecule has 0 spiro atoms. The van der Waals surface area contributed by atoms with Gasteiger partial charge in [0.05, 0.1) is 16.8 Å². The number of pyridine rings is 1. The van der Waals surface area contributed by atoms with Gasteiger partial charge in [0.2, 0.25) is 0 Å². The minimum Gasteiger partial charge on any atom is -0.491 e. The van der Waals surface area contributed by atoms with Gasteiger partial charge in [-0.25, -0.2) is 9.78 Å². The third-order valence-electron chi connectivity index (χ3n) is 4.48. The van der Waals surface area contributed by atoms with E-state index in [0.717, 1.165) is 32.8 Å². The van der Waals surface area contributed by atoms with Gasteiger partial charge in [-0.15, -0.1) is 11.3 Å². The zero-order valence-corrected chi connectivity index (χ0v) is 17.3. The zero-order valence-electron chi connectivity index (χ0n) is 16.5. The first-order chi connectivity index (χ1) is 13.2. The molecule has 2 N–H and O–H groups in total. The van der Waals surface area contributed by atoms with E-state index in [0.29, 0.717) is 13.0 Å². The highest BCUT2D eigenvalue weighted by molar-refractivity contribution is 7.17. The van der Waals surface area contributed by atoms with Crippen LogP contribution in [-0.2, 0) is 0 Å². The van der Waals surface area contributed by atoms with Crippen LogP contribution >= 0.6 is 11.3 Å². The van der Waals surface area contributed by atoms with Crippen molar-refractivity contribution in [3.05, 3.63) is 41.7 Å². The summed E-state index contributed by atoms with van der Waals surface area (Å²) in [5.74, 6) is 0.930. The number of amides is 1. The maximum atomic E-state index is 10.9. The van der Waals surface area contributed by atoms with Crippen molar-refractivity contribution in [1.82, 2.24) is 15.3 Å². The van der Waals surface area contributed by atoms with Crippen LogP contribution in [0.4, 0.5) is 4.79 Å². The lowest BCUT2D eigenvalue weighted by Gasteiger charge is -2.28. The summed E-state index contributed by atoms with van der Waals surface area (Å²) in [7, 11) is 0. The van der Waals surface area contributed by atoms with Crippen molar-refractivity contribution in [3.8, 4) is 16.9 Å². The van der Waals surface area contributed by atoms with E-state index in [2.05, 4.69) is 34.3 Å². The highest BCUT2D eigenvalue weighted by Crippen LogP contribution is 2.36. The van der Waals surface area contributed by atoms with E-state index in [9.17, 15) is 4.79 Å². The summed E-state index contributed by atoms with van der Waals surface area (Å²) in [6, 6.07) is 8.09. The van der Waals surface area contributed by atoms with Crippen LogP contribution in [0.1, 0.15) is 32.9 Å². The smallest absolute Gasteiger partial charge is 0.405 e. The van der Waals surface area contributed by atoms with Gasteiger partial charge in [0.1, 0.15) is 11.3 Å². The van der Waals surface area contributed by atoms with Gasteiger partial charge in [-0.3, -0.25) is 4.98 Å². The number of nitrogens with zero attached hydrogens (tertiary/aromatic N) is 2. The van der Waals surface area contributed by atoms with E-state index >= 15 is 0 Å². The first-order valence-electron chi connectivity index (χ1n) is 9.18. The van der Waals surface area contributed by atoms with Crippen molar-refractivity contribution in [3.63, 3.8) is 0 Å². The zero-order chi connectivity index (χ0) is 20.3. The molecule has 0 aliphatic rings. The molecule has 0 bridgehead atoms. The molecule has 0 radical (unpaired) electrons. The lowest BCUT2D eigenvalue weighted by molar-refractivity contribution is 0.169. The monoisotopic (exact) mass is 399 g/mol. The molecular weight excluding hydrogens is 374 g/mol. The van der Waals surface area contributed by atoms with Gasteiger partial charge in [0.25, 0.3) is 0 Å². The summed E-state index contributed by atoms with van der Waals surface area (Å²) in [4.78, 5) is 19.7. The lowest BCUT2D eigenvalue weighted by Crippen LogP contribution is -2.44. The Labute approximate surface area is 168 Å². The van der Waals surface area contributed by atoms with Crippen molar-refractivity contribution in [2.45, 2.75) is 39.7 Å². The Bertz CT molecular complexity index is 984. The number of ether oxygens (including phenoxy) is 1. The molecule has 148 valence electrons. The molecular formula is C21H25N3O3S. The number of aromatic nitrogens is 2. The van der Waals surface area contributed by atoms with Gasteiger partial charge < -0.3 is 15.2 Å². The number of fused-ring (bicyclic) bond motifs is 1. The van der Waals surface area contributed by atoms with Crippen molar-refractivity contribution in [2.24, 2.45) is 5.92 Å². The van der Waals surface area contributed by atoms with Crippen LogP contribution in [-0.4, -0.2) is 33.3 Å². The van der Waals surface area contributed by atoms with Crippen molar-refractivity contribution in [1.29, 1.82) is 0 Å². The Hall–Kier alpha value is -2.67. The fraction of sp³-hybridized carbons (Fsp3) is 0.381. The molecule has 6 nitrogen and oxygen atoms in total. The minimum atomic E-state index is -1.01. The first kappa shape index (κ1) is 20.1. The van der Waals surface area contributed by atoms with Crippen LogP contribution in [0.2, 0.25) is 0 Å². The largest absolute Gasteiger partial charge is 0.491 e. The summed E-state index contributed by atoms with van der Waals surface area (Å²) in [6.07, 6.45) is 1.48. The molecule has 0 unspecified atom stereocenters.